The Bertz CT molecular complexity index is 725. The number of piperazine rings is 1. The summed E-state index contributed by atoms with van der Waals surface area (Å²) in [5, 5.41) is 0. The summed E-state index contributed by atoms with van der Waals surface area (Å²) in [4.78, 5) is 28.5. The van der Waals surface area contributed by atoms with Crippen LogP contribution in [0.25, 0.3) is 0 Å². The first kappa shape index (κ1) is 20.1. The van der Waals surface area contributed by atoms with Gasteiger partial charge in [-0.15, -0.1) is 0 Å². The molecule has 148 valence electrons. The molecule has 2 amide bonds. The minimum absolute atomic E-state index is 0.0936. The van der Waals surface area contributed by atoms with Gasteiger partial charge in [-0.25, -0.2) is 4.39 Å². The molecule has 3 rings (SSSR count). The molecule has 28 heavy (non-hydrogen) atoms. The number of hydrogen-bond acceptors (Lipinski definition) is 2. The van der Waals surface area contributed by atoms with Gasteiger partial charge in [-0.1, -0.05) is 42.0 Å². The lowest BCUT2D eigenvalue weighted by atomic mass is 10.1. The molecule has 0 saturated carbocycles. The fraction of sp³-hybridized carbons (Fsp3) is 0.391. The van der Waals surface area contributed by atoms with Gasteiger partial charge in [0, 0.05) is 39.0 Å². The molecule has 1 heterocycles. The average Bonchev–Trinajstić information content (AvgIpc) is 2.72. The van der Waals surface area contributed by atoms with Gasteiger partial charge in [-0.05, 0) is 43.0 Å². The molecule has 0 spiro atoms. The zero-order valence-corrected chi connectivity index (χ0v) is 16.4. The van der Waals surface area contributed by atoms with Crippen LogP contribution >= 0.6 is 0 Å². The number of hydrogen-bond donors (Lipinski definition) is 0. The van der Waals surface area contributed by atoms with Gasteiger partial charge >= 0.3 is 0 Å². The number of carbonyl (C=O) groups excluding carboxylic acids is 2. The second-order valence-electron chi connectivity index (χ2n) is 7.37. The van der Waals surface area contributed by atoms with Gasteiger partial charge in [-0.3, -0.25) is 9.59 Å². The van der Waals surface area contributed by atoms with Crippen molar-refractivity contribution in [1.29, 1.82) is 0 Å². The Hall–Kier alpha value is -2.69. The van der Waals surface area contributed by atoms with Crippen molar-refractivity contribution in [2.75, 3.05) is 26.2 Å². The smallest absolute Gasteiger partial charge is 0.223 e. The van der Waals surface area contributed by atoms with Crippen LogP contribution in [0.3, 0.4) is 0 Å². The second-order valence-corrected chi connectivity index (χ2v) is 7.37. The Balaban J connectivity index is 1.39. The molecule has 4 nitrogen and oxygen atoms in total. The van der Waals surface area contributed by atoms with E-state index in [1.165, 1.54) is 23.3 Å². The highest BCUT2D eigenvalue weighted by molar-refractivity contribution is 5.78. The topological polar surface area (TPSA) is 40.6 Å². The molecule has 0 N–H and O–H groups in total. The molecule has 0 radical (unpaired) electrons. The summed E-state index contributed by atoms with van der Waals surface area (Å²) in [7, 11) is 0. The van der Waals surface area contributed by atoms with Gasteiger partial charge in [0.05, 0.1) is 0 Å². The van der Waals surface area contributed by atoms with Crippen LogP contribution in [-0.4, -0.2) is 47.8 Å². The minimum Gasteiger partial charge on any atom is -0.339 e. The number of amides is 2. The average molecular weight is 382 g/mol. The maximum absolute atomic E-state index is 12.9. The van der Waals surface area contributed by atoms with Crippen LogP contribution in [-0.2, 0) is 22.4 Å². The molecule has 1 aliphatic rings. The molecule has 2 aromatic rings. The lowest BCUT2D eigenvalue weighted by Gasteiger charge is -2.35. The predicted octanol–water partition coefficient (Wildman–Crippen LogP) is 3.37. The van der Waals surface area contributed by atoms with Crippen LogP contribution in [0.2, 0.25) is 0 Å². The first-order valence-electron chi connectivity index (χ1n) is 9.87. The Morgan fingerprint density at radius 2 is 1.14 bits per heavy atom. The van der Waals surface area contributed by atoms with E-state index < -0.39 is 0 Å². The van der Waals surface area contributed by atoms with Crippen LogP contribution in [0.15, 0.2) is 48.5 Å². The van der Waals surface area contributed by atoms with Gasteiger partial charge < -0.3 is 9.80 Å². The molecule has 0 atom stereocenters. The van der Waals surface area contributed by atoms with Crippen molar-refractivity contribution >= 4 is 11.8 Å². The molecular weight excluding hydrogens is 355 g/mol. The Morgan fingerprint density at radius 3 is 1.57 bits per heavy atom. The highest BCUT2D eigenvalue weighted by atomic mass is 19.1. The molecule has 0 unspecified atom stereocenters. The largest absolute Gasteiger partial charge is 0.339 e. The predicted molar refractivity (Wildman–Crippen MR) is 107 cm³/mol. The zero-order valence-electron chi connectivity index (χ0n) is 16.4. The van der Waals surface area contributed by atoms with Crippen molar-refractivity contribution in [3.05, 3.63) is 71.0 Å². The molecule has 0 aromatic heterocycles. The van der Waals surface area contributed by atoms with E-state index >= 15 is 0 Å². The van der Waals surface area contributed by atoms with Gasteiger partial charge in [-0.2, -0.15) is 0 Å². The van der Waals surface area contributed by atoms with Crippen molar-refractivity contribution in [3.8, 4) is 0 Å². The monoisotopic (exact) mass is 382 g/mol. The zero-order chi connectivity index (χ0) is 19.9. The van der Waals surface area contributed by atoms with E-state index in [2.05, 4.69) is 31.2 Å². The summed E-state index contributed by atoms with van der Waals surface area (Å²) < 4.78 is 12.9. The van der Waals surface area contributed by atoms with E-state index in [9.17, 15) is 14.0 Å². The number of halogens is 1. The lowest BCUT2D eigenvalue weighted by molar-refractivity contribution is -0.139. The van der Waals surface area contributed by atoms with Crippen molar-refractivity contribution in [1.82, 2.24) is 9.80 Å². The van der Waals surface area contributed by atoms with Crippen LogP contribution in [0.4, 0.5) is 4.39 Å². The molecule has 1 saturated heterocycles. The Kier molecular flexibility index (Phi) is 6.80. The SMILES string of the molecule is Cc1ccc(CCC(=O)N2CCN(C(=O)CCc3ccc(F)cc3)CC2)cc1. The normalized spacial score (nSPS) is 14.2. The van der Waals surface area contributed by atoms with Crippen molar-refractivity contribution in [2.45, 2.75) is 32.6 Å². The molecular formula is C23H27FN2O2. The first-order valence-corrected chi connectivity index (χ1v) is 9.87. The van der Waals surface area contributed by atoms with E-state index in [4.69, 9.17) is 0 Å². The maximum atomic E-state index is 12.9. The van der Waals surface area contributed by atoms with Crippen molar-refractivity contribution < 1.29 is 14.0 Å². The Labute approximate surface area is 166 Å². The fourth-order valence-electron chi connectivity index (χ4n) is 3.43. The maximum Gasteiger partial charge on any atom is 0.223 e. The summed E-state index contributed by atoms with van der Waals surface area (Å²) in [6.07, 6.45) is 2.26. The molecule has 0 aliphatic carbocycles. The van der Waals surface area contributed by atoms with E-state index in [1.54, 1.807) is 12.1 Å². The molecule has 0 bridgehead atoms. The lowest BCUT2D eigenvalue weighted by Crippen LogP contribution is -2.50. The van der Waals surface area contributed by atoms with Crippen LogP contribution in [0.1, 0.15) is 29.5 Å². The third-order valence-electron chi connectivity index (χ3n) is 5.27. The van der Waals surface area contributed by atoms with Gasteiger partial charge in [0.2, 0.25) is 11.8 Å². The number of benzene rings is 2. The van der Waals surface area contributed by atoms with Gasteiger partial charge in [0.1, 0.15) is 5.82 Å². The summed E-state index contributed by atoms with van der Waals surface area (Å²) >= 11 is 0. The van der Waals surface area contributed by atoms with Crippen LogP contribution in [0, 0.1) is 12.7 Å². The summed E-state index contributed by atoms with van der Waals surface area (Å²) in [5.41, 5.74) is 3.35. The molecule has 1 aliphatic heterocycles. The van der Waals surface area contributed by atoms with E-state index in [0.717, 1.165) is 12.0 Å². The van der Waals surface area contributed by atoms with Crippen LogP contribution < -0.4 is 0 Å². The number of aryl methyl sites for hydroxylation is 3. The standard InChI is InChI=1S/C23H27FN2O2/c1-18-2-4-19(5-3-18)8-12-22(27)25-14-16-26(17-15-25)23(28)13-9-20-6-10-21(24)11-7-20/h2-7,10-11H,8-9,12-17H2,1H3. The Morgan fingerprint density at radius 1 is 0.750 bits per heavy atom. The summed E-state index contributed by atoms with van der Waals surface area (Å²) in [5.74, 6) is -0.0201. The second kappa shape index (κ2) is 9.49. The molecule has 1 fully saturated rings. The highest BCUT2D eigenvalue weighted by Crippen LogP contribution is 2.11. The third-order valence-corrected chi connectivity index (χ3v) is 5.27. The summed E-state index contributed by atoms with van der Waals surface area (Å²) in [6, 6.07) is 14.5. The van der Waals surface area contributed by atoms with E-state index in [-0.39, 0.29) is 17.6 Å². The minimum atomic E-state index is -0.266. The summed E-state index contributed by atoms with van der Waals surface area (Å²) in [6.45, 7) is 4.40. The first-order chi connectivity index (χ1) is 13.5. The fourth-order valence-corrected chi connectivity index (χ4v) is 3.43. The molecule has 5 heteroatoms. The van der Waals surface area contributed by atoms with E-state index in [0.29, 0.717) is 45.4 Å². The third kappa shape index (κ3) is 5.65. The highest BCUT2D eigenvalue weighted by Gasteiger charge is 2.23. The van der Waals surface area contributed by atoms with Gasteiger partial charge in [0.25, 0.3) is 0 Å². The van der Waals surface area contributed by atoms with Crippen molar-refractivity contribution in [3.63, 3.8) is 0 Å². The van der Waals surface area contributed by atoms with E-state index in [1.807, 2.05) is 9.80 Å². The quantitative estimate of drug-likeness (QED) is 0.769. The van der Waals surface area contributed by atoms with Crippen molar-refractivity contribution in [2.24, 2.45) is 0 Å². The van der Waals surface area contributed by atoms with Crippen LogP contribution in [0.5, 0.6) is 0 Å². The number of rotatable bonds is 6. The molecule has 2 aromatic carbocycles. The number of nitrogens with zero attached hydrogens (tertiary/aromatic N) is 2. The number of carbonyl (C=O) groups is 2. The van der Waals surface area contributed by atoms with Gasteiger partial charge in [0.15, 0.2) is 0 Å².